The van der Waals surface area contributed by atoms with Gasteiger partial charge in [0.15, 0.2) is 6.10 Å². The molecule has 0 spiro atoms. The van der Waals surface area contributed by atoms with Crippen molar-refractivity contribution in [3.05, 3.63) is 34.9 Å². The quantitative estimate of drug-likeness (QED) is 0.842. The highest BCUT2D eigenvalue weighted by Gasteiger charge is 2.41. The molecule has 2 heterocycles. The van der Waals surface area contributed by atoms with Crippen LogP contribution >= 0.6 is 11.6 Å². The number of halogens is 1. The Morgan fingerprint density at radius 2 is 2.05 bits per heavy atom. The van der Waals surface area contributed by atoms with Crippen LogP contribution in [0, 0.1) is 5.92 Å². The number of rotatable bonds is 2. The lowest BCUT2D eigenvalue weighted by Gasteiger charge is -2.30. The van der Waals surface area contributed by atoms with Crippen LogP contribution in [-0.2, 0) is 14.4 Å². The van der Waals surface area contributed by atoms with Gasteiger partial charge in [-0.15, -0.1) is 0 Å². The summed E-state index contributed by atoms with van der Waals surface area (Å²) >= 11 is 6.23. The first-order valence-corrected chi connectivity index (χ1v) is 7.37. The molecule has 2 aliphatic heterocycles. The molecule has 2 unspecified atom stereocenters. The molecule has 2 atom stereocenters. The van der Waals surface area contributed by atoms with Crippen LogP contribution in [0.1, 0.15) is 18.6 Å². The van der Waals surface area contributed by atoms with Crippen LogP contribution in [0.3, 0.4) is 0 Å². The fourth-order valence-electron chi connectivity index (χ4n) is 2.71. The van der Waals surface area contributed by atoms with Gasteiger partial charge in [0.05, 0.1) is 18.9 Å². The minimum absolute atomic E-state index is 0.0296. The zero-order valence-corrected chi connectivity index (χ0v) is 12.5. The molecule has 1 amide bonds. The number of carbonyl (C=O) groups excluding carboxylic acids is 1. The topological polar surface area (TPSA) is 51.1 Å². The molecule has 2 aliphatic rings. The van der Waals surface area contributed by atoms with E-state index in [1.807, 2.05) is 30.0 Å². The van der Waals surface area contributed by atoms with E-state index in [1.165, 1.54) is 0 Å². The maximum absolute atomic E-state index is 12.8. The Morgan fingerprint density at radius 1 is 1.33 bits per heavy atom. The van der Waals surface area contributed by atoms with Crippen LogP contribution in [0.15, 0.2) is 29.4 Å². The van der Waals surface area contributed by atoms with E-state index in [4.69, 9.17) is 21.2 Å². The van der Waals surface area contributed by atoms with Crippen molar-refractivity contribution in [3.63, 3.8) is 0 Å². The average Bonchev–Trinajstić information content (AvgIpc) is 2.89. The lowest BCUT2D eigenvalue weighted by atomic mass is 9.91. The summed E-state index contributed by atoms with van der Waals surface area (Å²) in [5.74, 6) is -0.384. The molecular weight excluding hydrogens is 292 g/mol. The molecule has 0 radical (unpaired) electrons. The molecule has 1 aromatic carbocycles. The molecule has 0 bridgehead atoms. The predicted molar refractivity (Wildman–Crippen MR) is 79.3 cm³/mol. The van der Waals surface area contributed by atoms with Gasteiger partial charge >= 0.3 is 0 Å². The second-order valence-electron chi connectivity index (χ2n) is 5.20. The highest BCUT2D eigenvalue weighted by molar-refractivity contribution is 6.31. The summed E-state index contributed by atoms with van der Waals surface area (Å²) in [6, 6.07) is 7.41. The first kappa shape index (κ1) is 14.4. The van der Waals surface area contributed by atoms with Gasteiger partial charge in [0.25, 0.3) is 0 Å². The number of hydrogen-bond acceptors (Lipinski definition) is 4. The third kappa shape index (κ3) is 2.76. The van der Waals surface area contributed by atoms with Crippen LogP contribution in [-0.4, -0.2) is 42.8 Å². The van der Waals surface area contributed by atoms with Crippen molar-refractivity contribution >= 4 is 23.2 Å². The average molecular weight is 309 g/mol. The third-order valence-electron chi connectivity index (χ3n) is 3.86. The van der Waals surface area contributed by atoms with Gasteiger partial charge in [-0.25, -0.2) is 0 Å². The van der Waals surface area contributed by atoms with Crippen LogP contribution in [0.5, 0.6) is 0 Å². The third-order valence-corrected chi connectivity index (χ3v) is 4.21. The molecule has 1 aromatic rings. The number of carbonyl (C=O) groups is 1. The van der Waals surface area contributed by atoms with E-state index in [1.54, 1.807) is 6.07 Å². The summed E-state index contributed by atoms with van der Waals surface area (Å²) in [5.41, 5.74) is 1.49. The molecule has 0 aromatic heterocycles. The van der Waals surface area contributed by atoms with Gasteiger partial charge in [0.1, 0.15) is 5.92 Å². The highest BCUT2D eigenvalue weighted by atomic mass is 35.5. The number of benzene rings is 1. The van der Waals surface area contributed by atoms with Crippen molar-refractivity contribution in [2.75, 3.05) is 26.3 Å². The van der Waals surface area contributed by atoms with E-state index in [9.17, 15) is 4.79 Å². The van der Waals surface area contributed by atoms with Crippen LogP contribution < -0.4 is 0 Å². The Balaban J connectivity index is 1.85. The standard InChI is InChI=1S/C15H17ClN2O3/c1-10-13(15(19)18-6-8-20-9-7-18)14(21-17-10)11-4-2-3-5-12(11)16/h2-5,13-14H,6-9H2,1H3. The van der Waals surface area contributed by atoms with Gasteiger partial charge in [-0.05, 0) is 13.0 Å². The summed E-state index contributed by atoms with van der Waals surface area (Å²) in [5, 5.41) is 4.60. The number of ether oxygens (including phenoxy) is 1. The molecule has 0 aliphatic carbocycles. The molecular formula is C15H17ClN2O3. The van der Waals surface area contributed by atoms with Crippen molar-refractivity contribution in [2.24, 2.45) is 11.1 Å². The fraction of sp³-hybridized carbons (Fsp3) is 0.467. The van der Waals surface area contributed by atoms with Crippen LogP contribution in [0.4, 0.5) is 0 Å². The van der Waals surface area contributed by atoms with E-state index in [2.05, 4.69) is 5.16 Å². The summed E-state index contributed by atoms with van der Waals surface area (Å²) < 4.78 is 5.29. The smallest absolute Gasteiger partial charge is 0.235 e. The van der Waals surface area contributed by atoms with Gasteiger partial charge in [0.2, 0.25) is 5.91 Å². The van der Waals surface area contributed by atoms with E-state index >= 15 is 0 Å². The summed E-state index contributed by atoms with van der Waals surface area (Å²) in [6.07, 6.45) is -0.450. The van der Waals surface area contributed by atoms with Crippen molar-refractivity contribution < 1.29 is 14.4 Å². The van der Waals surface area contributed by atoms with E-state index < -0.39 is 12.0 Å². The largest absolute Gasteiger partial charge is 0.386 e. The molecule has 21 heavy (non-hydrogen) atoms. The van der Waals surface area contributed by atoms with Gasteiger partial charge in [-0.3, -0.25) is 4.79 Å². The van der Waals surface area contributed by atoms with Gasteiger partial charge in [-0.2, -0.15) is 0 Å². The van der Waals surface area contributed by atoms with Crippen molar-refractivity contribution in [1.82, 2.24) is 4.90 Å². The Hall–Kier alpha value is -1.59. The van der Waals surface area contributed by atoms with Crippen molar-refractivity contribution in [3.8, 4) is 0 Å². The predicted octanol–water partition coefficient (Wildman–Crippen LogP) is 2.26. The second-order valence-corrected chi connectivity index (χ2v) is 5.60. The lowest BCUT2D eigenvalue weighted by Crippen LogP contribution is -2.46. The van der Waals surface area contributed by atoms with E-state index in [-0.39, 0.29) is 5.91 Å². The Labute approximate surface area is 128 Å². The first-order chi connectivity index (χ1) is 10.2. The Bertz CT molecular complexity index is 570. The zero-order chi connectivity index (χ0) is 14.8. The molecule has 1 saturated heterocycles. The zero-order valence-electron chi connectivity index (χ0n) is 11.8. The molecule has 1 fully saturated rings. The Kier molecular flexibility index (Phi) is 4.12. The Morgan fingerprint density at radius 3 is 2.76 bits per heavy atom. The summed E-state index contributed by atoms with van der Waals surface area (Å²) in [6.45, 7) is 4.19. The first-order valence-electron chi connectivity index (χ1n) is 7.00. The van der Waals surface area contributed by atoms with E-state index in [0.717, 1.165) is 5.56 Å². The van der Waals surface area contributed by atoms with Crippen molar-refractivity contribution in [2.45, 2.75) is 13.0 Å². The molecule has 3 rings (SSSR count). The maximum Gasteiger partial charge on any atom is 0.235 e. The minimum Gasteiger partial charge on any atom is -0.386 e. The van der Waals surface area contributed by atoms with Gasteiger partial charge < -0.3 is 14.5 Å². The normalized spacial score (nSPS) is 25.4. The maximum atomic E-state index is 12.8. The number of amides is 1. The van der Waals surface area contributed by atoms with Crippen LogP contribution in [0.25, 0.3) is 0 Å². The summed E-state index contributed by atoms with van der Waals surface area (Å²) in [7, 11) is 0. The fourth-order valence-corrected chi connectivity index (χ4v) is 2.95. The number of oxime groups is 1. The summed E-state index contributed by atoms with van der Waals surface area (Å²) in [4.78, 5) is 20.1. The molecule has 6 heteroatoms. The number of nitrogens with zero attached hydrogens (tertiary/aromatic N) is 2. The SMILES string of the molecule is CC1=NOC(c2ccccc2Cl)C1C(=O)N1CCOCC1. The molecule has 112 valence electrons. The molecule has 5 nitrogen and oxygen atoms in total. The second kappa shape index (κ2) is 6.03. The minimum atomic E-state index is -0.450. The molecule has 0 saturated carbocycles. The monoisotopic (exact) mass is 308 g/mol. The van der Waals surface area contributed by atoms with Crippen molar-refractivity contribution in [1.29, 1.82) is 0 Å². The molecule has 0 N–H and O–H groups in total. The number of morpholine rings is 1. The van der Waals surface area contributed by atoms with Gasteiger partial charge in [0, 0.05) is 23.7 Å². The van der Waals surface area contributed by atoms with E-state index in [0.29, 0.717) is 37.0 Å². The van der Waals surface area contributed by atoms with Gasteiger partial charge in [-0.1, -0.05) is 35.0 Å². The lowest BCUT2D eigenvalue weighted by molar-refractivity contribution is -0.140. The number of hydrogen-bond donors (Lipinski definition) is 0. The van der Waals surface area contributed by atoms with Crippen LogP contribution in [0.2, 0.25) is 5.02 Å². The highest BCUT2D eigenvalue weighted by Crippen LogP contribution is 2.37.